The van der Waals surface area contributed by atoms with Crippen LogP contribution in [0, 0.1) is 0 Å². The van der Waals surface area contributed by atoms with Crippen molar-refractivity contribution in [1.82, 2.24) is 9.80 Å². The maximum absolute atomic E-state index is 12.4. The fourth-order valence-corrected chi connectivity index (χ4v) is 2.10. The van der Waals surface area contributed by atoms with E-state index in [4.69, 9.17) is 10.5 Å². The second kappa shape index (κ2) is 7.92. The molecule has 1 fully saturated rings. The van der Waals surface area contributed by atoms with Gasteiger partial charge in [0, 0.05) is 32.7 Å². The number of alkyl halides is 2. The number of ether oxygens (including phenoxy) is 1. The Morgan fingerprint density at radius 2 is 2.29 bits per heavy atom. The first kappa shape index (κ1) is 14.8. The zero-order valence-corrected chi connectivity index (χ0v) is 10.4. The average molecular weight is 251 g/mol. The Kier molecular flexibility index (Phi) is 6.87. The summed E-state index contributed by atoms with van der Waals surface area (Å²) >= 11 is 0. The molecule has 6 heteroatoms. The van der Waals surface area contributed by atoms with Crippen LogP contribution in [0.2, 0.25) is 0 Å². The highest BCUT2D eigenvalue weighted by Gasteiger charge is 2.22. The van der Waals surface area contributed by atoms with Gasteiger partial charge in [0.1, 0.15) is 0 Å². The average Bonchev–Trinajstić information content (AvgIpc) is 2.29. The molecule has 1 atom stereocenters. The van der Waals surface area contributed by atoms with Gasteiger partial charge in [0.25, 0.3) is 6.43 Å². The molecule has 0 aliphatic carbocycles. The highest BCUT2D eigenvalue weighted by molar-refractivity contribution is 4.75. The molecule has 1 rings (SSSR count). The zero-order valence-electron chi connectivity index (χ0n) is 10.4. The van der Waals surface area contributed by atoms with E-state index in [0.717, 1.165) is 19.6 Å². The molecule has 0 aromatic rings. The molecule has 0 radical (unpaired) electrons. The summed E-state index contributed by atoms with van der Waals surface area (Å²) in [5, 5.41) is 0. The molecule has 4 nitrogen and oxygen atoms in total. The van der Waals surface area contributed by atoms with Crippen LogP contribution in [0.25, 0.3) is 0 Å². The van der Waals surface area contributed by atoms with Crippen LogP contribution in [-0.4, -0.2) is 74.7 Å². The largest absolute Gasteiger partial charge is 0.374 e. The third-order valence-corrected chi connectivity index (χ3v) is 2.97. The van der Waals surface area contributed by atoms with Crippen molar-refractivity contribution in [3.8, 4) is 0 Å². The van der Waals surface area contributed by atoms with Crippen LogP contribution >= 0.6 is 0 Å². The van der Waals surface area contributed by atoms with Crippen molar-refractivity contribution in [3.05, 3.63) is 0 Å². The van der Waals surface area contributed by atoms with E-state index in [-0.39, 0.29) is 12.6 Å². The van der Waals surface area contributed by atoms with Crippen molar-refractivity contribution in [2.24, 2.45) is 5.73 Å². The molecule has 0 aromatic carbocycles. The maximum Gasteiger partial charge on any atom is 0.251 e. The zero-order chi connectivity index (χ0) is 12.7. The van der Waals surface area contributed by atoms with Crippen LogP contribution in [0.1, 0.15) is 6.92 Å². The second-order valence-electron chi connectivity index (χ2n) is 4.33. The molecule has 1 saturated heterocycles. The van der Waals surface area contributed by atoms with E-state index in [1.165, 1.54) is 0 Å². The van der Waals surface area contributed by atoms with E-state index in [0.29, 0.717) is 26.2 Å². The Morgan fingerprint density at radius 3 is 2.88 bits per heavy atom. The molecule has 2 N–H and O–H groups in total. The summed E-state index contributed by atoms with van der Waals surface area (Å²) in [4.78, 5) is 3.96. The maximum atomic E-state index is 12.4. The minimum absolute atomic E-state index is 0.0222. The molecule has 1 aliphatic rings. The van der Waals surface area contributed by atoms with Crippen molar-refractivity contribution in [3.63, 3.8) is 0 Å². The van der Waals surface area contributed by atoms with E-state index < -0.39 is 6.43 Å². The SMILES string of the molecule is CCN1CCOC(CN(CCN)CC(F)F)C1. The Hall–Kier alpha value is -0.300. The first-order valence-corrected chi connectivity index (χ1v) is 6.20. The molecule has 17 heavy (non-hydrogen) atoms. The van der Waals surface area contributed by atoms with E-state index in [2.05, 4.69) is 11.8 Å². The Labute approximate surface area is 102 Å². The summed E-state index contributed by atoms with van der Waals surface area (Å²) in [7, 11) is 0. The molecule has 0 amide bonds. The third kappa shape index (κ3) is 5.72. The lowest BCUT2D eigenvalue weighted by Crippen LogP contribution is -2.48. The van der Waals surface area contributed by atoms with Crippen molar-refractivity contribution >= 4 is 0 Å². The van der Waals surface area contributed by atoms with Crippen LogP contribution in [0.5, 0.6) is 0 Å². The van der Waals surface area contributed by atoms with E-state index in [9.17, 15) is 8.78 Å². The predicted octanol–water partition coefficient (Wildman–Crippen LogP) is 0.233. The van der Waals surface area contributed by atoms with Crippen LogP contribution in [-0.2, 0) is 4.74 Å². The molecule has 1 unspecified atom stereocenters. The van der Waals surface area contributed by atoms with E-state index >= 15 is 0 Å². The van der Waals surface area contributed by atoms with Gasteiger partial charge in [0.15, 0.2) is 0 Å². The number of hydrogen-bond donors (Lipinski definition) is 1. The highest BCUT2D eigenvalue weighted by Crippen LogP contribution is 2.08. The summed E-state index contributed by atoms with van der Waals surface area (Å²) < 4.78 is 30.3. The van der Waals surface area contributed by atoms with Gasteiger partial charge in [-0.15, -0.1) is 0 Å². The summed E-state index contributed by atoms with van der Waals surface area (Å²) in [6.07, 6.45) is -2.29. The third-order valence-electron chi connectivity index (χ3n) is 2.97. The standard InChI is InChI=1S/C11H23F2N3O/c1-2-15-5-6-17-10(7-15)8-16(4-3-14)9-11(12)13/h10-11H,2-9,14H2,1H3. The van der Waals surface area contributed by atoms with Crippen molar-refractivity contribution in [1.29, 1.82) is 0 Å². The second-order valence-corrected chi connectivity index (χ2v) is 4.33. The summed E-state index contributed by atoms with van der Waals surface area (Å²) in [5.41, 5.74) is 5.43. The topological polar surface area (TPSA) is 41.7 Å². The number of morpholine rings is 1. The number of likely N-dealkylation sites (N-methyl/N-ethyl adjacent to an activating group) is 1. The summed E-state index contributed by atoms with van der Waals surface area (Å²) in [6, 6.07) is 0. The molecule has 102 valence electrons. The number of nitrogens with zero attached hydrogens (tertiary/aromatic N) is 2. The van der Waals surface area contributed by atoms with Crippen molar-refractivity contribution in [2.45, 2.75) is 19.5 Å². The molecule has 1 aliphatic heterocycles. The van der Waals surface area contributed by atoms with Crippen LogP contribution in [0.4, 0.5) is 8.78 Å². The van der Waals surface area contributed by atoms with Crippen LogP contribution in [0.15, 0.2) is 0 Å². The van der Waals surface area contributed by atoms with E-state index in [1.807, 2.05) is 0 Å². The first-order valence-electron chi connectivity index (χ1n) is 6.20. The lowest BCUT2D eigenvalue weighted by atomic mass is 10.2. The summed E-state index contributed by atoms with van der Waals surface area (Å²) in [5.74, 6) is 0. The molecule has 0 bridgehead atoms. The van der Waals surface area contributed by atoms with Crippen molar-refractivity contribution < 1.29 is 13.5 Å². The van der Waals surface area contributed by atoms with Gasteiger partial charge >= 0.3 is 0 Å². The Bertz CT molecular complexity index is 207. The molecule has 0 spiro atoms. The van der Waals surface area contributed by atoms with Gasteiger partial charge < -0.3 is 10.5 Å². The number of nitrogens with two attached hydrogens (primary N) is 1. The Balaban J connectivity index is 2.36. The van der Waals surface area contributed by atoms with Crippen LogP contribution < -0.4 is 5.73 Å². The minimum atomic E-state index is -2.31. The van der Waals surface area contributed by atoms with Gasteiger partial charge in [-0.2, -0.15) is 0 Å². The number of rotatable bonds is 7. The Morgan fingerprint density at radius 1 is 1.53 bits per heavy atom. The van der Waals surface area contributed by atoms with Crippen molar-refractivity contribution in [2.75, 3.05) is 52.4 Å². The molecular formula is C11H23F2N3O. The number of hydrogen-bond acceptors (Lipinski definition) is 4. The lowest BCUT2D eigenvalue weighted by molar-refractivity contribution is -0.0472. The normalized spacial score (nSPS) is 22.6. The van der Waals surface area contributed by atoms with E-state index in [1.54, 1.807) is 4.90 Å². The smallest absolute Gasteiger partial charge is 0.251 e. The predicted molar refractivity (Wildman–Crippen MR) is 63.4 cm³/mol. The molecule has 0 saturated carbocycles. The molecular weight excluding hydrogens is 228 g/mol. The van der Waals surface area contributed by atoms with Gasteiger partial charge in [0.05, 0.1) is 19.3 Å². The highest BCUT2D eigenvalue weighted by atomic mass is 19.3. The fraction of sp³-hybridized carbons (Fsp3) is 1.00. The minimum Gasteiger partial charge on any atom is -0.374 e. The first-order chi connectivity index (χ1) is 8.15. The summed E-state index contributed by atoms with van der Waals surface area (Å²) in [6.45, 7) is 6.72. The quantitative estimate of drug-likeness (QED) is 0.703. The fourth-order valence-electron chi connectivity index (χ4n) is 2.10. The monoisotopic (exact) mass is 251 g/mol. The molecule has 1 heterocycles. The van der Waals surface area contributed by atoms with Gasteiger partial charge in [-0.3, -0.25) is 9.80 Å². The molecule has 0 aromatic heterocycles. The van der Waals surface area contributed by atoms with Gasteiger partial charge in [-0.25, -0.2) is 8.78 Å². The lowest BCUT2D eigenvalue weighted by Gasteiger charge is -2.35. The van der Waals surface area contributed by atoms with Crippen LogP contribution in [0.3, 0.4) is 0 Å². The van der Waals surface area contributed by atoms with Gasteiger partial charge in [-0.05, 0) is 6.54 Å². The van der Waals surface area contributed by atoms with Gasteiger partial charge in [-0.1, -0.05) is 6.92 Å². The number of halogens is 2. The van der Waals surface area contributed by atoms with Gasteiger partial charge in [0.2, 0.25) is 0 Å².